The Morgan fingerprint density at radius 2 is 1.85 bits per heavy atom. The summed E-state index contributed by atoms with van der Waals surface area (Å²) in [5, 5.41) is 14.1. The lowest BCUT2D eigenvalue weighted by Crippen LogP contribution is -2.31. The number of rotatable bonds is 6. The van der Waals surface area contributed by atoms with E-state index in [1.54, 1.807) is 12.1 Å². The highest BCUT2D eigenvalue weighted by molar-refractivity contribution is 7.98. The lowest BCUT2D eigenvalue weighted by Gasteiger charge is -2.29. The largest absolute Gasteiger partial charge is 0.352 e. The first-order valence-corrected chi connectivity index (χ1v) is 10.5. The Labute approximate surface area is 163 Å². The van der Waals surface area contributed by atoms with Crippen LogP contribution in [0.4, 0.5) is 5.69 Å². The Balaban J connectivity index is 1.57. The Morgan fingerprint density at radius 1 is 1.15 bits per heavy atom. The van der Waals surface area contributed by atoms with E-state index in [0.29, 0.717) is 18.4 Å². The number of nitro benzene ring substituents is 1. The molecule has 0 radical (unpaired) electrons. The number of nitrogens with zero attached hydrogens (tertiary/aromatic N) is 1. The van der Waals surface area contributed by atoms with Crippen molar-refractivity contribution in [2.45, 2.75) is 36.5 Å². The number of amides is 1. The Hall–Kier alpha value is -2.34. The standard InChI is InChI=1S/C21H24N2O3S/c1-27-18-11-12-20(23(25)26)19(13-18)21(24)22-14-15-7-9-17(10-8-15)16-5-3-2-4-6-16/h2-6,11-13,15,17H,7-10,14H2,1H3,(H,22,24). The van der Waals surface area contributed by atoms with Crippen molar-refractivity contribution >= 4 is 23.4 Å². The van der Waals surface area contributed by atoms with E-state index < -0.39 is 4.92 Å². The molecule has 1 saturated carbocycles. The molecule has 142 valence electrons. The third-order valence-electron chi connectivity index (χ3n) is 5.31. The quantitative estimate of drug-likeness (QED) is 0.431. The molecular formula is C21H24N2O3S. The summed E-state index contributed by atoms with van der Waals surface area (Å²) in [6.45, 7) is 0.570. The van der Waals surface area contributed by atoms with Crippen LogP contribution >= 0.6 is 11.8 Å². The number of carbonyl (C=O) groups is 1. The van der Waals surface area contributed by atoms with Gasteiger partial charge in [0, 0.05) is 17.5 Å². The van der Waals surface area contributed by atoms with Crippen molar-refractivity contribution in [1.82, 2.24) is 5.32 Å². The van der Waals surface area contributed by atoms with Crippen LogP contribution < -0.4 is 5.32 Å². The highest BCUT2D eigenvalue weighted by Gasteiger charge is 2.24. The van der Waals surface area contributed by atoms with Gasteiger partial charge in [0.05, 0.1) is 4.92 Å². The molecule has 1 aliphatic rings. The second-order valence-corrected chi connectivity index (χ2v) is 7.86. The molecule has 2 aromatic rings. The van der Waals surface area contributed by atoms with Gasteiger partial charge < -0.3 is 5.32 Å². The molecule has 1 N–H and O–H groups in total. The van der Waals surface area contributed by atoms with E-state index in [1.165, 1.54) is 23.4 Å². The minimum Gasteiger partial charge on any atom is -0.352 e. The van der Waals surface area contributed by atoms with Crippen LogP contribution in [0.1, 0.15) is 47.5 Å². The molecule has 0 unspecified atom stereocenters. The maximum absolute atomic E-state index is 12.5. The van der Waals surface area contributed by atoms with Gasteiger partial charge in [0.2, 0.25) is 0 Å². The smallest absolute Gasteiger partial charge is 0.282 e. The number of benzene rings is 2. The first-order chi connectivity index (χ1) is 13.1. The van der Waals surface area contributed by atoms with Gasteiger partial charge in [-0.2, -0.15) is 0 Å². The van der Waals surface area contributed by atoms with Crippen LogP contribution in [0.2, 0.25) is 0 Å². The molecule has 1 fully saturated rings. The Kier molecular flexibility index (Phi) is 6.50. The Bertz CT molecular complexity index is 802. The summed E-state index contributed by atoms with van der Waals surface area (Å²) in [6, 6.07) is 15.3. The summed E-state index contributed by atoms with van der Waals surface area (Å²) in [7, 11) is 0. The van der Waals surface area contributed by atoms with Gasteiger partial charge in [-0.1, -0.05) is 30.3 Å². The van der Waals surface area contributed by atoms with Gasteiger partial charge in [-0.05, 0) is 61.5 Å². The highest BCUT2D eigenvalue weighted by Crippen LogP contribution is 2.35. The third-order valence-corrected chi connectivity index (χ3v) is 6.04. The fourth-order valence-corrected chi connectivity index (χ4v) is 4.18. The van der Waals surface area contributed by atoms with Crippen LogP contribution in [0.3, 0.4) is 0 Å². The third kappa shape index (κ3) is 4.89. The van der Waals surface area contributed by atoms with E-state index >= 15 is 0 Å². The summed E-state index contributed by atoms with van der Waals surface area (Å²) in [6.07, 6.45) is 6.24. The fraction of sp³-hybridized carbons (Fsp3) is 0.381. The van der Waals surface area contributed by atoms with E-state index in [1.807, 2.05) is 12.3 Å². The van der Waals surface area contributed by atoms with Crippen LogP contribution in [-0.4, -0.2) is 23.6 Å². The van der Waals surface area contributed by atoms with Crippen LogP contribution in [-0.2, 0) is 0 Å². The van der Waals surface area contributed by atoms with Crippen molar-refractivity contribution < 1.29 is 9.72 Å². The van der Waals surface area contributed by atoms with E-state index in [0.717, 1.165) is 30.6 Å². The van der Waals surface area contributed by atoms with Crippen molar-refractivity contribution in [3.8, 4) is 0 Å². The van der Waals surface area contributed by atoms with Crippen molar-refractivity contribution in [1.29, 1.82) is 0 Å². The van der Waals surface area contributed by atoms with Crippen molar-refractivity contribution in [3.63, 3.8) is 0 Å². The van der Waals surface area contributed by atoms with Crippen LogP contribution in [0.15, 0.2) is 53.4 Å². The lowest BCUT2D eigenvalue weighted by atomic mass is 9.78. The van der Waals surface area contributed by atoms with Gasteiger partial charge in [-0.3, -0.25) is 14.9 Å². The number of carbonyl (C=O) groups excluding carboxylic acids is 1. The summed E-state index contributed by atoms with van der Waals surface area (Å²) in [5.74, 6) is 0.664. The maximum atomic E-state index is 12.5. The average Bonchev–Trinajstić information content (AvgIpc) is 2.72. The molecule has 2 aromatic carbocycles. The zero-order valence-corrected chi connectivity index (χ0v) is 16.2. The lowest BCUT2D eigenvalue weighted by molar-refractivity contribution is -0.385. The fourth-order valence-electron chi connectivity index (χ4n) is 3.74. The van der Waals surface area contributed by atoms with Gasteiger partial charge in [0.1, 0.15) is 5.56 Å². The van der Waals surface area contributed by atoms with E-state index in [-0.39, 0.29) is 17.2 Å². The number of hydrogen-bond acceptors (Lipinski definition) is 4. The highest BCUT2D eigenvalue weighted by atomic mass is 32.2. The summed E-state index contributed by atoms with van der Waals surface area (Å²) in [4.78, 5) is 24.1. The molecule has 1 aliphatic carbocycles. The molecule has 1 amide bonds. The zero-order chi connectivity index (χ0) is 19.2. The second kappa shape index (κ2) is 9.04. The van der Waals surface area contributed by atoms with Crippen LogP contribution in [0, 0.1) is 16.0 Å². The SMILES string of the molecule is CSc1ccc([N+](=O)[O-])c(C(=O)NCC2CCC(c3ccccc3)CC2)c1. The molecule has 6 heteroatoms. The molecule has 3 rings (SSSR count). The molecule has 0 heterocycles. The van der Waals surface area contributed by atoms with E-state index in [4.69, 9.17) is 0 Å². The predicted molar refractivity (Wildman–Crippen MR) is 108 cm³/mol. The maximum Gasteiger partial charge on any atom is 0.282 e. The minimum absolute atomic E-state index is 0.141. The molecule has 27 heavy (non-hydrogen) atoms. The number of hydrogen-bond donors (Lipinski definition) is 1. The molecule has 0 aliphatic heterocycles. The monoisotopic (exact) mass is 384 g/mol. The molecule has 0 aromatic heterocycles. The molecule has 0 saturated heterocycles. The minimum atomic E-state index is -0.496. The van der Waals surface area contributed by atoms with E-state index in [2.05, 4.69) is 29.6 Å². The number of nitrogens with one attached hydrogen (secondary N) is 1. The van der Waals surface area contributed by atoms with Gasteiger partial charge in [0.15, 0.2) is 0 Å². The van der Waals surface area contributed by atoms with Crippen molar-refractivity contribution in [2.75, 3.05) is 12.8 Å². The van der Waals surface area contributed by atoms with Gasteiger partial charge in [-0.15, -0.1) is 11.8 Å². The van der Waals surface area contributed by atoms with Gasteiger partial charge in [-0.25, -0.2) is 0 Å². The predicted octanol–water partition coefficient (Wildman–Crippen LogP) is 5.02. The van der Waals surface area contributed by atoms with Crippen molar-refractivity contribution in [3.05, 3.63) is 69.8 Å². The number of nitro groups is 1. The van der Waals surface area contributed by atoms with Gasteiger partial charge in [0.25, 0.3) is 11.6 Å². The summed E-state index contributed by atoms with van der Waals surface area (Å²) >= 11 is 1.46. The van der Waals surface area contributed by atoms with E-state index in [9.17, 15) is 14.9 Å². The summed E-state index contributed by atoms with van der Waals surface area (Å²) in [5.41, 5.74) is 1.40. The van der Waals surface area contributed by atoms with Crippen molar-refractivity contribution in [2.24, 2.45) is 5.92 Å². The first kappa shape index (κ1) is 19.4. The van der Waals surface area contributed by atoms with Gasteiger partial charge >= 0.3 is 0 Å². The second-order valence-electron chi connectivity index (χ2n) is 6.98. The molecule has 0 spiro atoms. The number of thioether (sulfide) groups is 1. The topological polar surface area (TPSA) is 72.2 Å². The molecule has 0 bridgehead atoms. The molecule has 5 nitrogen and oxygen atoms in total. The first-order valence-electron chi connectivity index (χ1n) is 9.24. The van der Waals surface area contributed by atoms with Crippen LogP contribution in [0.5, 0.6) is 0 Å². The zero-order valence-electron chi connectivity index (χ0n) is 15.4. The Morgan fingerprint density at radius 3 is 2.48 bits per heavy atom. The molecule has 0 atom stereocenters. The van der Waals surface area contributed by atoms with Crippen LogP contribution in [0.25, 0.3) is 0 Å². The summed E-state index contributed by atoms with van der Waals surface area (Å²) < 4.78 is 0. The molecular weight excluding hydrogens is 360 g/mol. The normalized spacial score (nSPS) is 19.4. The average molecular weight is 385 g/mol.